The van der Waals surface area contributed by atoms with Gasteiger partial charge >= 0.3 is 0 Å². The van der Waals surface area contributed by atoms with Crippen LogP contribution in [0.15, 0.2) is 70.4 Å². The largest absolute Gasteiger partial charge is 0.354 e. The van der Waals surface area contributed by atoms with Gasteiger partial charge in [-0.1, -0.05) is 37.1 Å². The van der Waals surface area contributed by atoms with Crippen LogP contribution in [0.5, 0.6) is 0 Å². The molecule has 174 valence electrons. The lowest BCUT2D eigenvalue weighted by molar-refractivity contribution is 0.433. The number of rotatable bonds is 6. The molecule has 4 rings (SSSR count). The second-order valence-corrected chi connectivity index (χ2v) is 10.4. The number of benzene rings is 2. The van der Waals surface area contributed by atoms with Gasteiger partial charge in [0, 0.05) is 37.3 Å². The van der Waals surface area contributed by atoms with Crippen molar-refractivity contribution in [2.75, 3.05) is 31.1 Å². The molecule has 2 heterocycles. The third-order valence-corrected chi connectivity index (χ3v) is 7.90. The number of nitrogens with zero attached hydrogens (tertiary/aromatic N) is 4. The SMILES string of the molecule is CCCc1ccc(S(=O)(=O)N2CCCN(c3ccc(=O)n(-c4ccc(Cl)cc4)n3)CC2)cc1. The third-order valence-electron chi connectivity index (χ3n) is 5.74. The summed E-state index contributed by atoms with van der Waals surface area (Å²) in [6.45, 7) is 4.02. The summed E-state index contributed by atoms with van der Waals surface area (Å²) < 4.78 is 29.3. The molecule has 1 aliphatic rings. The van der Waals surface area contributed by atoms with Crippen molar-refractivity contribution in [3.63, 3.8) is 0 Å². The van der Waals surface area contributed by atoms with Crippen LogP contribution in [-0.4, -0.2) is 48.7 Å². The summed E-state index contributed by atoms with van der Waals surface area (Å²) in [4.78, 5) is 14.7. The Morgan fingerprint density at radius 1 is 0.909 bits per heavy atom. The van der Waals surface area contributed by atoms with E-state index in [2.05, 4.69) is 12.0 Å². The van der Waals surface area contributed by atoms with Crippen molar-refractivity contribution >= 4 is 27.4 Å². The molecule has 33 heavy (non-hydrogen) atoms. The number of hydrogen-bond acceptors (Lipinski definition) is 5. The Hall–Kier alpha value is -2.68. The molecule has 1 aromatic heterocycles. The zero-order chi connectivity index (χ0) is 23.4. The van der Waals surface area contributed by atoms with Gasteiger partial charge < -0.3 is 4.90 Å². The van der Waals surface area contributed by atoms with E-state index < -0.39 is 10.0 Å². The molecule has 9 heteroatoms. The predicted molar refractivity (Wildman–Crippen MR) is 131 cm³/mol. The molecule has 0 spiro atoms. The number of aromatic nitrogens is 2. The Morgan fingerprint density at radius 3 is 2.33 bits per heavy atom. The van der Waals surface area contributed by atoms with Gasteiger partial charge in [0.05, 0.1) is 10.6 Å². The van der Waals surface area contributed by atoms with Gasteiger partial charge in [0.2, 0.25) is 10.0 Å². The minimum absolute atomic E-state index is 0.244. The van der Waals surface area contributed by atoms with Crippen molar-refractivity contribution in [1.82, 2.24) is 14.1 Å². The molecule has 0 amide bonds. The standard InChI is InChI=1S/C24H27ClN4O3S/c1-2-4-19-5-11-22(12-6-19)33(31,32)28-16-3-15-27(17-18-28)23-13-14-24(30)29(26-23)21-9-7-20(25)8-10-21/h5-14H,2-4,15-18H2,1H3. The summed E-state index contributed by atoms with van der Waals surface area (Å²) in [5, 5.41) is 5.11. The van der Waals surface area contributed by atoms with Crippen molar-refractivity contribution in [3.8, 4) is 5.69 Å². The van der Waals surface area contributed by atoms with Gasteiger partial charge in [-0.25, -0.2) is 8.42 Å². The highest BCUT2D eigenvalue weighted by molar-refractivity contribution is 7.89. The maximum atomic E-state index is 13.2. The van der Waals surface area contributed by atoms with Crippen molar-refractivity contribution in [2.45, 2.75) is 31.1 Å². The van der Waals surface area contributed by atoms with E-state index in [4.69, 9.17) is 11.6 Å². The second-order valence-electron chi connectivity index (χ2n) is 8.06. The molecule has 3 aromatic rings. The Labute approximate surface area is 199 Å². The molecule has 0 radical (unpaired) electrons. The van der Waals surface area contributed by atoms with Crippen LogP contribution < -0.4 is 10.5 Å². The topological polar surface area (TPSA) is 75.5 Å². The number of aryl methyl sites for hydroxylation is 1. The van der Waals surface area contributed by atoms with Crippen molar-refractivity contribution in [1.29, 1.82) is 0 Å². The van der Waals surface area contributed by atoms with E-state index in [0.29, 0.717) is 54.0 Å². The molecule has 0 unspecified atom stereocenters. The zero-order valence-electron chi connectivity index (χ0n) is 18.5. The molecule has 0 aliphatic carbocycles. The lowest BCUT2D eigenvalue weighted by Gasteiger charge is -2.23. The average molecular weight is 487 g/mol. The molecule has 0 atom stereocenters. The van der Waals surface area contributed by atoms with Gasteiger partial charge in [-0.05, 0) is 60.9 Å². The van der Waals surface area contributed by atoms with Crippen LogP contribution in [0, 0.1) is 0 Å². The monoisotopic (exact) mass is 486 g/mol. The fourth-order valence-electron chi connectivity index (χ4n) is 3.97. The molecule has 7 nitrogen and oxygen atoms in total. The number of anilines is 1. The molecule has 1 aliphatic heterocycles. The Bertz CT molecular complexity index is 1260. The van der Waals surface area contributed by atoms with Gasteiger partial charge in [0.25, 0.3) is 5.56 Å². The number of sulfonamides is 1. The van der Waals surface area contributed by atoms with E-state index in [1.807, 2.05) is 17.0 Å². The third kappa shape index (κ3) is 5.29. The van der Waals surface area contributed by atoms with Gasteiger partial charge in [0.15, 0.2) is 0 Å². The highest BCUT2D eigenvalue weighted by atomic mass is 35.5. The first-order valence-corrected chi connectivity index (χ1v) is 12.9. The summed E-state index contributed by atoms with van der Waals surface area (Å²) in [5.74, 6) is 0.632. The van der Waals surface area contributed by atoms with E-state index in [9.17, 15) is 13.2 Å². The number of hydrogen-bond donors (Lipinski definition) is 0. The molecule has 1 saturated heterocycles. The summed E-state index contributed by atoms with van der Waals surface area (Å²) in [7, 11) is -3.57. The summed E-state index contributed by atoms with van der Waals surface area (Å²) in [6.07, 6.45) is 2.62. The van der Waals surface area contributed by atoms with Gasteiger partial charge in [-0.3, -0.25) is 4.79 Å². The zero-order valence-corrected chi connectivity index (χ0v) is 20.1. The normalized spacial score (nSPS) is 15.4. The fourth-order valence-corrected chi connectivity index (χ4v) is 5.56. The number of halogens is 1. The molecular formula is C24H27ClN4O3S. The van der Waals surface area contributed by atoms with Crippen molar-refractivity contribution in [2.24, 2.45) is 0 Å². The van der Waals surface area contributed by atoms with Crippen LogP contribution in [0.1, 0.15) is 25.3 Å². The van der Waals surface area contributed by atoms with Gasteiger partial charge in [-0.2, -0.15) is 8.99 Å². The minimum atomic E-state index is -3.57. The van der Waals surface area contributed by atoms with Crippen LogP contribution in [0.25, 0.3) is 5.69 Å². The molecule has 0 N–H and O–H groups in total. The predicted octanol–water partition coefficient (Wildman–Crippen LogP) is 3.74. The highest BCUT2D eigenvalue weighted by Crippen LogP contribution is 2.21. The first-order chi connectivity index (χ1) is 15.9. The highest BCUT2D eigenvalue weighted by Gasteiger charge is 2.27. The van der Waals surface area contributed by atoms with E-state index in [-0.39, 0.29) is 5.56 Å². The maximum absolute atomic E-state index is 13.2. The van der Waals surface area contributed by atoms with Gasteiger partial charge in [-0.15, -0.1) is 5.10 Å². The summed E-state index contributed by atoms with van der Waals surface area (Å²) >= 11 is 5.96. The lowest BCUT2D eigenvalue weighted by Crippen LogP contribution is -2.36. The fraction of sp³-hybridized carbons (Fsp3) is 0.333. The van der Waals surface area contributed by atoms with Crippen LogP contribution >= 0.6 is 11.6 Å². The van der Waals surface area contributed by atoms with E-state index in [1.165, 1.54) is 15.1 Å². The van der Waals surface area contributed by atoms with E-state index in [0.717, 1.165) is 18.4 Å². The van der Waals surface area contributed by atoms with Gasteiger partial charge in [0.1, 0.15) is 5.82 Å². The van der Waals surface area contributed by atoms with E-state index in [1.54, 1.807) is 42.5 Å². The van der Waals surface area contributed by atoms with Crippen LogP contribution in [0.3, 0.4) is 0 Å². The molecule has 1 fully saturated rings. The smallest absolute Gasteiger partial charge is 0.271 e. The van der Waals surface area contributed by atoms with Crippen LogP contribution in [0.2, 0.25) is 5.02 Å². The molecular weight excluding hydrogens is 460 g/mol. The second kappa shape index (κ2) is 10.1. The molecule has 0 bridgehead atoms. The summed E-state index contributed by atoms with van der Waals surface area (Å²) in [6, 6.07) is 17.3. The average Bonchev–Trinajstić information content (AvgIpc) is 3.08. The Balaban J connectivity index is 1.52. The van der Waals surface area contributed by atoms with Crippen molar-refractivity contribution in [3.05, 3.63) is 81.6 Å². The van der Waals surface area contributed by atoms with Crippen molar-refractivity contribution < 1.29 is 8.42 Å². The summed E-state index contributed by atoms with van der Waals surface area (Å²) in [5.41, 5.74) is 1.52. The first kappa shape index (κ1) is 23.5. The molecule has 0 saturated carbocycles. The first-order valence-electron chi connectivity index (χ1n) is 11.1. The quantitative estimate of drug-likeness (QED) is 0.530. The Kier molecular flexibility index (Phi) is 7.17. The van der Waals surface area contributed by atoms with Crippen LogP contribution in [-0.2, 0) is 16.4 Å². The van der Waals surface area contributed by atoms with Crippen LogP contribution in [0.4, 0.5) is 5.82 Å². The Morgan fingerprint density at radius 2 is 1.64 bits per heavy atom. The minimum Gasteiger partial charge on any atom is -0.354 e. The maximum Gasteiger partial charge on any atom is 0.271 e. The van der Waals surface area contributed by atoms with E-state index >= 15 is 0 Å². The molecule has 2 aromatic carbocycles. The lowest BCUT2D eigenvalue weighted by atomic mass is 10.1.